The lowest BCUT2D eigenvalue weighted by Crippen LogP contribution is -2.37. The molecule has 0 aromatic heterocycles. The number of carbonyl (C=O) groups excluding carboxylic acids is 2. The summed E-state index contributed by atoms with van der Waals surface area (Å²) in [6.07, 6.45) is 2.19. The van der Waals surface area contributed by atoms with Crippen LogP contribution in [0, 0.1) is 0 Å². The van der Waals surface area contributed by atoms with Crippen LogP contribution >= 0.6 is 23.2 Å². The third kappa shape index (κ3) is 7.71. The van der Waals surface area contributed by atoms with Crippen molar-refractivity contribution >= 4 is 35.6 Å². The van der Waals surface area contributed by atoms with Gasteiger partial charge in [0.2, 0.25) is 0 Å². The molecule has 0 N–H and O–H groups in total. The fraction of sp³-hybridized carbons (Fsp3) is 0.391. The normalized spacial score (nSPS) is 11.2. The molecule has 0 aliphatic rings. The summed E-state index contributed by atoms with van der Waals surface area (Å²) in [5.41, 5.74) is 2.25. The maximum Gasteiger partial charge on any atom is 0.410 e. The van der Waals surface area contributed by atoms with Gasteiger partial charge in [-0.15, -0.1) is 0 Å². The van der Waals surface area contributed by atoms with E-state index in [2.05, 4.69) is 0 Å². The van der Waals surface area contributed by atoms with Crippen LogP contribution in [0.4, 0.5) is 4.79 Å². The van der Waals surface area contributed by atoms with E-state index in [0.717, 1.165) is 23.0 Å². The number of carbonyl (C=O) groups is 2. The number of hydrogen-bond acceptors (Lipinski definition) is 3. The van der Waals surface area contributed by atoms with Crippen LogP contribution in [-0.4, -0.2) is 29.4 Å². The molecule has 1 amide bonds. The van der Waals surface area contributed by atoms with Crippen molar-refractivity contribution in [3.63, 3.8) is 0 Å². The molecule has 0 fully saturated rings. The van der Waals surface area contributed by atoms with Crippen molar-refractivity contribution in [3.05, 3.63) is 69.2 Å². The predicted octanol–water partition coefficient (Wildman–Crippen LogP) is 6.10. The van der Waals surface area contributed by atoms with Crippen molar-refractivity contribution in [3.8, 4) is 0 Å². The van der Waals surface area contributed by atoms with Gasteiger partial charge < -0.3 is 14.4 Å². The molecule has 4 nitrogen and oxygen atoms in total. The minimum absolute atomic E-state index is 0.390. The Morgan fingerprint density at radius 1 is 1.03 bits per heavy atom. The van der Waals surface area contributed by atoms with Crippen molar-refractivity contribution in [2.24, 2.45) is 0 Å². The van der Waals surface area contributed by atoms with Crippen molar-refractivity contribution in [1.82, 2.24) is 4.90 Å². The number of aryl methyl sites for hydroxylation is 1. The van der Waals surface area contributed by atoms with Crippen LogP contribution in [0.3, 0.4) is 0 Å². The van der Waals surface area contributed by atoms with E-state index >= 15 is 0 Å². The molecule has 2 aromatic rings. The first-order chi connectivity index (χ1) is 13.7. The van der Waals surface area contributed by atoms with E-state index in [0.29, 0.717) is 42.4 Å². The van der Waals surface area contributed by atoms with E-state index in [1.54, 1.807) is 23.1 Å². The van der Waals surface area contributed by atoms with Gasteiger partial charge in [-0.05, 0) is 62.4 Å². The van der Waals surface area contributed by atoms with E-state index in [-0.39, 0.29) is 6.09 Å². The highest BCUT2D eigenvalue weighted by molar-refractivity contribution is 6.36. The fourth-order valence-corrected chi connectivity index (χ4v) is 3.50. The van der Waals surface area contributed by atoms with Crippen molar-refractivity contribution < 1.29 is 14.3 Å². The van der Waals surface area contributed by atoms with Crippen LogP contribution in [0.25, 0.3) is 0 Å². The van der Waals surface area contributed by atoms with Gasteiger partial charge in [-0.1, -0.05) is 53.5 Å². The minimum atomic E-state index is -0.594. The van der Waals surface area contributed by atoms with Gasteiger partial charge in [-0.2, -0.15) is 0 Å². The van der Waals surface area contributed by atoms with Crippen LogP contribution in [0.15, 0.2) is 42.5 Å². The highest BCUT2D eigenvalue weighted by atomic mass is 35.5. The zero-order valence-corrected chi connectivity index (χ0v) is 18.6. The average molecular weight is 436 g/mol. The zero-order valence-electron chi connectivity index (χ0n) is 17.1. The molecule has 6 heteroatoms. The summed E-state index contributed by atoms with van der Waals surface area (Å²) in [6.45, 7) is 6.33. The Morgan fingerprint density at radius 3 is 2.28 bits per heavy atom. The summed E-state index contributed by atoms with van der Waals surface area (Å²) in [5, 5.41) is 1.16. The first kappa shape index (κ1) is 23.2. The molecule has 29 heavy (non-hydrogen) atoms. The molecule has 2 aromatic carbocycles. The Bertz CT molecular complexity index is 826. The third-order valence-corrected chi connectivity index (χ3v) is 4.97. The molecule has 0 aliphatic carbocycles. The number of halogens is 2. The van der Waals surface area contributed by atoms with Crippen LogP contribution in [0.2, 0.25) is 10.0 Å². The van der Waals surface area contributed by atoms with E-state index in [9.17, 15) is 9.59 Å². The maximum absolute atomic E-state index is 12.8. The Balaban J connectivity index is 2.19. The smallest absolute Gasteiger partial charge is 0.410 e. The number of ether oxygens (including phenoxy) is 1. The summed E-state index contributed by atoms with van der Waals surface area (Å²) in [7, 11) is 0. The first-order valence-electron chi connectivity index (χ1n) is 9.62. The minimum Gasteiger partial charge on any atom is -0.444 e. The number of rotatable bonds is 8. The molecule has 0 atom stereocenters. The SMILES string of the molecule is CC(C)(C)OC(=O)N(CCc1c(Cl)cccc1Cl)Cc1cccc(CCC=O)c1. The Hall–Kier alpha value is -2.04. The van der Waals surface area contributed by atoms with Crippen LogP contribution in [0.1, 0.15) is 43.9 Å². The van der Waals surface area contributed by atoms with Gasteiger partial charge in [0.25, 0.3) is 0 Å². The van der Waals surface area contributed by atoms with Crippen LogP contribution in [-0.2, 0) is 28.9 Å². The molecule has 0 saturated carbocycles. The molecule has 0 radical (unpaired) electrons. The number of benzene rings is 2. The number of nitrogens with zero attached hydrogens (tertiary/aromatic N) is 1. The molecule has 0 heterocycles. The Morgan fingerprint density at radius 2 is 1.66 bits per heavy atom. The van der Waals surface area contributed by atoms with E-state index in [1.165, 1.54) is 0 Å². The second kappa shape index (κ2) is 10.7. The predicted molar refractivity (Wildman–Crippen MR) is 118 cm³/mol. The van der Waals surface area contributed by atoms with Gasteiger partial charge in [-0.3, -0.25) is 0 Å². The number of amides is 1. The monoisotopic (exact) mass is 435 g/mol. The lowest BCUT2D eigenvalue weighted by Gasteiger charge is -2.28. The summed E-state index contributed by atoms with van der Waals surface area (Å²) in [4.78, 5) is 25.1. The molecular weight excluding hydrogens is 409 g/mol. The highest BCUT2D eigenvalue weighted by Crippen LogP contribution is 2.25. The molecule has 0 bridgehead atoms. The second-order valence-electron chi connectivity index (χ2n) is 7.88. The summed E-state index contributed by atoms with van der Waals surface area (Å²) < 4.78 is 5.59. The molecule has 156 valence electrons. The Kier molecular flexibility index (Phi) is 8.54. The van der Waals surface area contributed by atoms with Gasteiger partial charge in [-0.25, -0.2) is 4.79 Å². The lowest BCUT2D eigenvalue weighted by molar-refractivity contribution is -0.107. The zero-order chi connectivity index (χ0) is 21.4. The molecule has 2 rings (SSSR count). The topological polar surface area (TPSA) is 46.6 Å². The molecule has 0 saturated heterocycles. The van der Waals surface area contributed by atoms with Gasteiger partial charge in [0.15, 0.2) is 0 Å². The summed E-state index contributed by atoms with van der Waals surface area (Å²) in [6, 6.07) is 13.3. The molecule has 0 spiro atoms. The Labute approximate surface area is 182 Å². The van der Waals surface area contributed by atoms with Crippen LogP contribution < -0.4 is 0 Å². The van der Waals surface area contributed by atoms with E-state index in [1.807, 2.05) is 45.0 Å². The van der Waals surface area contributed by atoms with Gasteiger partial charge in [0, 0.05) is 29.6 Å². The fourth-order valence-electron chi connectivity index (χ4n) is 2.91. The largest absolute Gasteiger partial charge is 0.444 e. The first-order valence-corrected chi connectivity index (χ1v) is 10.4. The average Bonchev–Trinajstić information content (AvgIpc) is 2.64. The third-order valence-electron chi connectivity index (χ3n) is 4.26. The van der Waals surface area contributed by atoms with Crippen LogP contribution in [0.5, 0.6) is 0 Å². The molecule has 0 unspecified atom stereocenters. The van der Waals surface area contributed by atoms with Crippen molar-refractivity contribution in [2.45, 2.75) is 52.2 Å². The van der Waals surface area contributed by atoms with Crippen molar-refractivity contribution in [2.75, 3.05) is 6.54 Å². The number of aldehydes is 1. The van der Waals surface area contributed by atoms with Crippen molar-refractivity contribution in [1.29, 1.82) is 0 Å². The van der Waals surface area contributed by atoms with Gasteiger partial charge in [0.05, 0.1) is 0 Å². The second-order valence-corrected chi connectivity index (χ2v) is 8.69. The quantitative estimate of drug-likeness (QED) is 0.470. The lowest BCUT2D eigenvalue weighted by atomic mass is 10.1. The van der Waals surface area contributed by atoms with E-state index in [4.69, 9.17) is 27.9 Å². The summed E-state index contributed by atoms with van der Waals surface area (Å²) >= 11 is 12.6. The van der Waals surface area contributed by atoms with Gasteiger partial charge in [0.1, 0.15) is 11.9 Å². The van der Waals surface area contributed by atoms with Gasteiger partial charge >= 0.3 is 6.09 Å². The standard InChI is InChI=1S/C23H27Cl2NO3/c1-23(2,3)29-22(28)26(13-12-19-20(24)10-5-11-21(19)25)16-18-8-4-7-17(15-18)9-6-14-27/h4-5,7-8,10-11,14-15H,6,9,12-13,16H2,1-3H3. The van der Waals surface area contributed by atoms with E-state index < -0.39 is 5.60 Å². The molecule has 0 aliphatic heterocycles. The molecular formula is C23H27Cl2NO3. The maximum atomic E-state index is 12.8. The highest BCUT2D eigenvalue weighted by Gasteiger charge is 2.23. The number of hydrogen-bond donors (Lipinski definition) is 0. The summed E-state index contributed by atoms with van der Waals surface area (Å²) in [5.74, 6) is 0.